The molecule has 0 aliphatic carbocycles. The van der Waals surface area contributed by atoms with Gasteiger partial charge in [0.15, 0.2) is 0 Å². The number of hydrogen-bond donors (Lipinski definition) is 1. The summed E-state index contributed by atoms with van der Waals surface area (Å²) < 4.78 is 0. The maximum Gasteiger partial charge on any atom is 0.239 e. The van der Waals surface area contributed by atoms with Gasteiger partial charge in [-0.05, 0) is 5.92 Å². The van der Waals surface area contributed by atoms with E-state index >= 15 is 0 Å². The van der Waals surface area contributed by atoms with E-state index in [2.05, 4.69) is 26.1 Å². The fraction of sp³-hybridized carbons (Fsp3) is 0.778. The van der Waals surface area contributed by atoms with Crippen molar-refractivity contribution in [2.24, 2.45) is 5.92 Å². The molecule has 0 spiro atoms. The summed E-state index contributed by atoms with van der Waals surface area (Å²) in [4.78, 5) is 21.6. The van der Waals surface area contributed by atoms with E-state index in [1.807, 2.05) is 0 Å². The van der Waals surface area contributed by atoms with Crippen LogP contribution in [0.2, 0.25) is 0 Å². The molecular formula is C9H20N2O2. The summed E-state index contributed by atoms with van der Waals surface area (Å²) in [6.45, 7) is 6.62. The van der Waals surface area contributed by atoms with Gasteiger partial charge >= 0.3 is 0 Å². The molecule has 0 saturated heterocycles. The first-order valence-corrected chi connectivity index (χ1v) is 4.30. The van der Waals surface area contributed by atoms with E-state index in [0.29, 0.717) is 6.41 Å². The molecule has 0 aliphatic heterocycles. The number of hydrogen-bond acceptors (Lipinski definition) is 2. The molecule has 0 fully saturated rings. The van der Waals surface area contributed by atoms with Crippen molar-refractivity contribution in [3.63, 3.8) is 0 Å². The van der Waals surface area contributed by atoms with Crippen molar-refractivity contribution in [3.05, 3.63) is 0 Å². The van der Waals surface area contributed by atoms with Gasteiger partial charge in [-0.1, -0.05) is 20.8 Å². The summed E-state index contributed by atoms with van der Waals surface area (Å²) in [6, 6.07) is 0. The molecule has 1 N–H and O–H groups in total. The summed E-state index contributed by atoms with van der Waals surface area (Å²) in [5, 5.41) is 2.39. The van der Waals surface area contributed by atoms with Gasteiger partial charge in [0.1, 0.15) is 0 Å². The van der Waals surface area contributed by atoms with Crippen molar-refractivity contribution in [1.82, 2.24) is 10.2 Å². The standard InChI is InChI=1S/C5H10N2O2.C4H10/c1-6-5(9)3-7(2)4-8;1-4(2)3/h4H,3H2,1-2H3,(H,6,9);4H,1-3H3. The molecule has 78 valence electrons. The third-order valence-electron chi connectivity index (χ3n) is 0.852. The highest BCUT2D eigenvalue weighted by Crippen LogP contribution is 1.81. The topological polar surface area (TPSA) is 49.4 Å². The Labute approximate surface area is 80.3 Å². The molecule has 4 heteroatoms. The van der Waals surface area contributed by atoms with E-state index in [0.717, 1.165) is 5.92 Å². The van der Waals surface area contributed by atoms with Crippen LogP contribution in [0.3, 0.4) is 0 Å². The van der Waals surface area contributed by atoms with E-state index in [1.165, 1.54) is 11.9 Å². The fourth-order valence-corrected chi connectivity index (χ4v) is 0.343. The largest absolute Gasteiger partial charge is 0.358 e. The van der Waals surface area contributed by atoms with Crippen molar-refractivity contribution in [2.75, 3.05) is 20.6 Å². The lowest BCUT2D eigenvalue weighted by atomic mass is 10.3. The van der Waals surface area contributed by atoms with Crippen molar-refractivity contribution >= 4 is 12.3 Å². The van der Waals surface area contributed by atoms with Gasteiger partial charge < -0.3 is 10.2 Å². The van der Waals surface area contributed by atoms with Crippen molar-refractivity contribution < 1.29 is 9.59 Å². The molecular weight excluding hydrogens is 168 g/mol. The van der Waals surface area contributed by atoms with Crippen LogP contribution in [0, 0.1) is 5.92 Å². The van der Waals surface area contributed by atoms with Gasteiger partial charge in [0.05, 0.1) is 6.54 Å². The Morgan fingerprint density at radius 3 is 2.08 bits per heavy atom. The molecule has 2 amide bonds. The van der Waals surface area contributed by atoms with Crippen molar-refractivity contribution in [2.45, 2.75) is 20.8 Å². The van der Waals surface area contributed by atoms with Crippen LogP contribution in [0.4, 0.5) is 0 Å². The van der Waals surface area contributed by atoms with Gasteiger partial charge in [-0.25, -0.2) is 0 Å². The molecule has 0 aliphatic rings. The predicted octanol–water partition coefficient (Wildman–Crippen LogP) is 0.483. The lowest BCUT2D eigenvalue weighted by molar-refractivity contribution is -0.126. The molecule has 0 atom stereocenters. The first kappa shape index (κ1) is 14.5. The highest BCUT2D eigenvalue weighted by atomic mass is 16.2. The SMILES string of the molecule is CC(C)C.CNC(=O)CN(C)C=O. The van der Waals surface area contributed by atoms with Crippen molar-refractivity contribution in [1.29, 1.82) is 0 Å². The number of carbonyl (C=O) groups excluding carboxylic acids is 2. The molecule has 0 heterocycles. The van der Waals surface area contributed by atoms with Crippen LogP contribution < -0.4 is 5.32 Å². The molecule has 4 nitrogen and oxygen atoms in total. The molecule has 13 heavy (non-hydrogen) atoms. The maximum absolute atomic E-state index is 10.5. The Morgan fingerprint density at radius 2 is 1.85 bits per heavy atom. The molecule has 0 rings (SSSR count). The first-order chi connectivity index (χ1) is 5.93. The van der Waals surface area contributed by atoms with E-state index in [1.54, 1.807) is 7.05 Å². The van der Waals surface area contributed by atoms with Crippen LogP contribution >= 0.6 is 0 Å². The quantitative estimate of drug-likeness (QED) is 0.655. The summed E-state index contributed by atoms with van der Waals surface area (Å²) in [7, 11) is 3.07. The zero-order valence-corrected chi connectivity index (χ0v) is 9.13. The molecule has 0 aromatic rings. The van der Waals surface area contributed by atoms with Crippen molar-refractivity contribution in [3.8, 4) is 0 Å². The second-order valence-corrected chi connectivity index (χ2v) is 3.43. The fourth-order valence-electron chi connectivity index (χ4n) is 0.343. The van der Waals surface area contributed by atoms with Crippen LogP contribution in [0.15, 0.2) is 0 Å². The number of nitrogens with one attached hydrogen (secondary N) is 1. The highest BCUT2D eigenvalue weighted by Gasteiger charge is 1.99. The predicted molar refractivity (Wildman–Crippen MR) is 53.3 cm³/mol. The van der Waals surface area contributed by atoms with Crippen LogP contribution in [0.25, 0.3) is 0 Å². The minimum absolute atomic E-state index is 0.125. The first-order valence-electron chi connectivity index (χ1n) is 4.30. The zero-order valence-electron chi connectivity index (χ0n) is 9.13. The van der Waals surface area contributed by atoms with Gasteiger partial charge in [0.25, 0.3) is 0 Å². The molecule has 0 bridgehead atoms. The smallest absolute Gasteiger partial charge is 0.239 e. The average molecular weight is 188 g/mol. The zero-order chi connectivity index (χ0) is 10.9. The third kappa shape index (κ3) is 18.2. The Kier molecular flexibility index (Phi) is 10.0. The normalized spacial score (nSPS) is 8.46. The van der Waals surface area contributed by atoms with E-state index in [9.17, 15) is 9.59 Å². The van der Waals surface area contributed by atoms with E-state index in [4.69, 9.17) is 0 Å². The van der Waals surface area contributed by atoms with Crippen LogP contribution in [-0.2, 0) is 9.59 Å². The highest BCUT2D eigenvalue weighted by molar-refractivity contribution is 5.79. The molecule has 0 unspecified atom stereocenters. The molecule has 0 aromatic heterocycles. The Bertz CT molecular complexity index is 144. The number of amides is 2. The summed E-state index contributed by atoms with van der Waals surface area (Å²) in [5.74, 6) is 0.671. The molecule has 0 aromatic carbocycles. The number of rotatable bonds is 3. The van der Waals surface area contributed by atoms with E-state index < -0.39 is 0 Å². The lowest BCUT2D eigenvalue weighted by Gasteiger charge is -2.07. The van der Waals surface area contributed by atoms with Gasteiger partial charge in [-0.15, -0.1) is 0 Å². The minimum Gasteiger partial charge on any atom is -0.358 e. The Balaban J connectivity index is 0. The van der Waals surface area contributed by atoms with E-state index in [-0.39, 0.29) is 12.5 Å². The van der Waals surface area contributed by atoms with Crippen LogP contribution in [0.1, 0.15) is 20.8 Å². The monoisotopic (exact) mass is 188 g/mol. The minimum atomic E-state index is -0.162. The second kappa shape index (κ2) is 9.03. The summed E-state index contributed by atoms with van der Waals surface area (Å²) in [6.07, 6.45) is 0.606. The summed E-state index contributed by atoms with van der Waals surface area (Å²) in [5.41, 5.74) is 0. The third-order valence-corrected chi connectivity index (χ3v) is 0.852. The molecule has 0 saturated carbocycles. The van der Waals surface area contributed by atoms with Crippen LogP contribution in [0.5, 0.6) is 0 Å². The average Bonchev–Trinajstić information content (AvgIpc) is 2.03. The number of likely N-dealkylation sites (N-methyl/N-ethyl adjacent to an activating group) is 2. The maximum atomic E-state index is 10.5. The lowest BCUT2D eigenvalue weighted by Crippen LogP contribution is -2.31. The van der Waals surface area contributed by atoms with Gasteiger partial charge in [0.2, 0.25) is 12.3 Å². The van der Waals surface area contributed by atoms with Gasteiger partial charge in [-0.2, -0.15) is 0 Å². The summed E-state index contributed by atoms with van der Waals surface area (Å²) >= 11 is 0. The van der Waals surface area contributed by atoms with Crippen LogP contribution in [-0.4, -0.2) is 37.9 Å². The molecule has 0 radical (unpaired) electrons. The number of carbonyl (C=O) groups is 2. The second-order valence-electron chi connectivity index (χ2n) is 3.43. The Hall–Kier alpha value is -1.06. The Morgan fingerprint density at radius 1 is 1.46 bits per heavy atom. The number of nitrogens with zero attached hydrogens (tertiary/aromatic N) is 1. The van der Waals surface area contributed by atoms with Gasteiger partial charge in [0, 0.05) is 14.1 Å². The van der Waals surface area contributed by atoms with Gasteiger partial charge in [-0.3, -0.25) is 9.59 Å².